The van der Waals surface area contributed by atoms with Gasteiger partial charge in [-0.2, -0.15) is 30.3 Å². The van der Waals surface area contributed by atoms with E-state index in [1.54, 1.807) is 0 Å². The van der Waals surface area contributed by atoms with Crippen LogP contribution in [0.4, 0.5) is 25.2 Å². The number of hydrogen-bond donors (Lipinski definition) is 0. The van der Waals surface area contributed by atoms with Gasteiger partial charge >= 0.3 is 33.0 Å². The molecule has 54 heavy (non-hydrogen) atoms. The Hall–Kier alpha value is -3.19. The molecule has 0 aliphatic rings. The van der Waals surface area contributed by atoms with Crippen molar-refractivity contribution in [3.8, 4) is 0 Å². The number of hydrogen-bond acceptors (Lipinski definition) is 0. The zero-order valence-electron chi connectivity index (χ0n) is 30.2. The molecule has 0 spiro atoms. The van der Waals surface area contributed by atoms with Crippen molar-refractivity contribution < 1.29 is 50.1 Å². The third-order valence-corrected chi connectivity index (χ3v) is 13.1. The smallest absolute Gasteiger partial charge is 0 e. The van der Waals surface area contributed by atoms with Crippen LogP contribution in [0.3, 0.4) is 0 Å². The summed E-state index contributed by atoms with van der Waals surface area (Å²) in [4.78, 5) is 0. The van der Waals surface area contributed by atoms with Crippen molar-refractivity contribution in [1.82, 2.24) is 0 Å². The summed E-state index contributed by atoms with van der Waals surface area (Å²) < 4.78 is 60.1. The zero-order chi connectivity index (χ0) is 38.3. The average Bonchev–Trinajstić information content (AvgIpc) is 3.13. The van der Waals surface area contributed by atoms with Crippen LogP contribution in [0.2, 0.25) is 0 Å². The van der Waals surface area contributed by atoms with E-state index in [4.69, 9.17) is 0 Å². The van der Waals surface area contributed by atoms with Gasteiger partial charge in [0.2, 0.25) is 0 Å². The van der Waals surface area contributed by atoms with E-state index >= 15 is 0 Å². The molecule has 6 aromatic rings. The second-order valence-corrected chi connectivity index (χ2v) is 19.7. The summed E-state index contributed by atoms with van der Waals surface area (Å²) in [6.45, 7) is 2.05. The van der Waals surface area contributed by atoms with Crippen LogP contribution in [0.1, 0.15) is 17.5 Å². The molecule has 0 aliphatic carbocycles. The fourth-order valence-corrected chi connectivity index (χ4v) is 10.7. The van der Waals surface area contributed by atoms with Gasteiger partial charge in [0.05, 0.1) is 20.6 Å². The second-order valence-electron chi connectivity index (χ2n) is 13.1. The van der Waals surface area contributed by atoms with Crippen molar-refractivity contribution in [3.63, 3.8) is 0 Å². The van der Waals surface area contributed by atoms with E-state index in [0.29, 0.717) is 0 Å². The largest absolute Gasteiger partial charge is 0.0622 e. The third-order valence-electron chi connectivity index (χ3n) is 7.86. The van der Waals surface area contributed by atoms with Gasteiger partial charge < -0.3 is 4.48 Å². The van der Waals surface area contributed by atoms with Crippen LogP contribution in [0, 0.1) is 6.07 Å². The molecular formula is C43H45F6NP3Pd-. The van der Waals surface area contributed by atoms with Gasteiger partial charge in [0, 0.05) is 26.0 Å². The van der Waals surface area contributed by atoms with Crippen molar-refractivity contribution in [2.45, 2.75) is 19.5 Å². The van der Waals surface area contributed by atoms with Crippen molar-refractivity contribution in [3.05, 3.63) is 193 Å². The van der Waals surface area contributed by atoms with Gasteiger partial charge in [0.25, 0.3) is 0 Å². The normalized spacial score (nSPS) is 12.6. The van der Waals surface area contributed by atoms with Crippen LogP contribution in [0.25, 0.3) is 0 Å². The molecule has 0 atom stereocenters. The van der Waals surface area contributed by atoms with Crippen LogP contribution < -0.4 is 21.2 Å². The molecule has 0 fully saturated rings. The molecule has 0 aromatic heterocycles. The second kappa shape index (κ2) is 20.1. The fraction of sp³-hybridized carbons (Fsp3) is 0.163. The van der Waals surface area contributed by atoms with Crippen molar-refractivity contribution in [2.24, 2.45) is 0 Å². The summed E-state index contributed by atoms with van der Waals surface area (Å²) in [5, 5.41) is 5.94. The van der Waals surface area contributed by atoms with E-state index in [0.717, 1.165) is 17.6 Å². The minimum absolute atomic E-state index is 0. The number of benzene rings is 6. The van der Waals surface area contributed by atoms with E-state index < -0.39 is 7.81 Å². The molecule has 0 amide bonds. The molecule has 0 heterocycles. The van der Waals surface area contributed by atoms with Crippen molar-refractivity contribution >= 4 is 44.9 Å². The number of nitrogens with zero attached hydrogens (tertiary/aromatic N) is 1. The van der Waals surface area contributed by atoms with Gasteiger partial charge in [0.1, 0.15) is 6.54 Å². The summed E-state index contributed by atoms with van der Waals surface area (Å²) in [5.41, 5.74) is 2.65. The maximum Gasteiger partial charge on any atom is 0 e. The van der Waals surface area contributed by atoms with Crippen molar-refractivity contribution in [1.29, 1.82) is 0 Å². The third kappa shape index (κ3) is 18.9. The molecular weight excluding hydrogens is 844 g/mol. The summed E-state index contributed by atoms with van der Waals surface area (Å²) in [7, 11) is -6.76. The summed E-state index contributed by atoms with van der Waals surface area (Å²) in [6, 6.07) is 66.4. The Morgan fingerprint density at radius 2 is 0.778 bits per heavy atom. The van der Waals surface area contributed by atoms with Gasteiger partial charge in [-0.05, 0) is 55.8 Å². The Balaban J connectivity index is 0.000000265. The topological polar surface area (TPSA) is 0 Å². The van der Waals surface area contributed by atoms with Gasteiger partial charge in [-0.25, -0.2) is 0 Å². The number of halogens is 6. The van der Waals surface area contributed by atoms with E-state index in [2.05, 4.69) is 184 Å². The maximum atomic E-state index is 9.87. The molecule has 1 nitrogen and oxygen atoms in total. The van der Waals surface area contributed by atoms with E-state index in [-0.39, 0.29) is 36.3 Å². The molecule has 290 valence electrons. The Morgan fingerprint density at radius 1 is 0.463 bits per heavy atom. The molecule has 0 unspecified atom stereocenters. The molecule has 6 aromatic carbocycles. The minimum Gasteiger partial charge on any atom is -0.0622 e. The Labute approximate surface area is 332 Å². The molecule has 0 bridgehead atoms. The van der Waals surface area contributed by atoms with E-state index in [9.17, 15) is 25.2 Å². The zero-order valence-corrected chi connectivity index (χ0v) is 34.4. The molecule has 0 saturated heterocycles. The molecule has 0 N–H and O–H groups in total. The predicted molar refractivity (Wildman–Crippen MR) is 217 cm³/mol. The first kappa shape index (κ1) is 45.2. The Morgan fingerprint density at radius 3 is 1.09 bits per heavy atom. The summed E-state index contributed by atoms with van der Waals surface area (Å²) in [6.07, 6.45) is 3.72. The Kier molecular flexibility index (Phi) is 16.8. The van der Waals surface area contributed by atoms with Gasteiger partial charge in [-0.1, -0.05) is 152 Å². The molecule has 0 aliphatic heterocycles. The molecule has 0 radical (unpaired) electrons. The molecule has 0 saturated carbocycles. The summed E-state index contributed by atoms with van der Waals surface area (Å²) >= 11 is 0. The number of quaternary nitrogens is 1. The first-order valence-electron chi connectivity index (χ1n) is 17.2. The minimum atomic E-state index is -10.7. The maximum absolute atomic E-state index is 10.7. The van der Waals surface area contributed by atoms with E-state index in [1.807, 2.05) is 12.1 Å². The van der Waals surface area contributed by atoms with Crippen LogP contribution in [-0.2, 0) is 33.5 Å². The van der Waals surface area contributed by atoms with Crippen LogP contribution in [0.5, 0.6) is 0 Å². The first-order valence-corrected chi connectivity index (χ1v) is 22.2. The van der Waals surface area contributed by atoms with E-state index in [1.165, 1.54) is 51.1 Å². The summed E-state index contributed by atoms with van der Waals surface area (Å²) in [5.74, 6) is 0. The van der Waals surface area contributed by atoms with Gasteiger partial charge in [0.15, 0.2) is 0 Å². The molecule has 6 rings (SSSR count). The average molecular weight is 889 g/mol. The van der Waals surface area contributed by atoms with Crippen LogP contribution >= 0.6 is 23.7 Å². The number of rotatable bonds is 12. The predicted octanol–water partition coefficient (Wildman–Crippen LogP) is 12.3. The van der Waals surface area contributed by atoms with Crippen molar-refractivity contribution in [2.75, 3.05) is 26.4 Å². The molecule has 11 heteroatoms. The Bertz CT molecular complexity index is 1690. The van der Waals surface area contributed by atoms with Gasteiger partial charge in [-0.3, -0.25) is 0 Å². The fourth-order valence-electron chi connectivity index (χ4n) is 5.76. The monoisotopic (exact) mass is 888 g/mol. The quantitative estimate of drug-likeness (QED) is 0.0378. The van der Waals surface area contributed by atoms with Crippen LogP contribution in [-0.4, -0.2) is 30.9 Å². The van der Waals surface area contributed by atoms with Crippen LogP contribution in [0.15, 0.2) is 176 Å². The first-order chi connectivity index (χ1) is 25.0. The van der Waals surface area contributed by atoms with Gasteiger partial charge in [-0.15, -0.1) is 5.56 Å². The SMILES string of the molecule is C[N+](C)(Cc1[c-]cccc1)Cc1ccccc1.F[P-](F)(F)(F)(F)F.[Pd].c1ccc(P(CCCP(c2ccccc2)c2ccccc2)c2ccccc2)cc1. The standard InChI is InChI=1S/C27H26P2.C16H19N.F6P.Pd/c1-5-14-24(15-6-1)28(25-16-7-2-8-17-25)22-13-23-29(26-18-9-3-10-19-26)27-20-11-4-12-21-27;1-17(2,13-15-9-5-3-6-10-15)14-16-11-7-4-8-12-16;1-7(2,3,4,5)6;/h1-12,14-21H,13,22-23H2;3-11H,13-14H2,1-2H3;;/q;;-1;.